The Morgan fingerprint density at radius 3 is 2.18 bits per heavy atom. The number of anilines is 1. The molecule has 0 spiro atoms. The molecular formula is C21H25N. The van der Waals surface area contributed by atoms with E-state index in [-0.39, 0.29) is 0 Å². The van der Waals surface area contributed by atoms with Gasteiger partial charge >= 0.3 is 0 Å². The summed E-state index contributed by atoms with van der Waals surface area (Å²) in [6.45, 7) is 16.8. The van der Waals surface area contributed by atoms with E-state index in [0.29, 0.717) is 0 Å². The van der Waals surface area contributed by atoms with Gasteiger partial charge in [-0.3, -0.25) is 0 Å². The van der Waals surface area contributed by atoms with Crippen LogP contribution in [-0.2, 0) is 6.42 Å². The van der Waals surface area contributed by atoms with Gasteiger partial charge in [-0.1, -0.05) is 48.1 Å². The lowest BCUT2D eigenvalue weighted by atomic mass is 9.93. The molecule has 1 N–H and O–H groups in total. The van der Waals surface area contributed by atoms with Crippen LogP contribution in [0, 0.1) is 20.8 Å². The first-order chi connectivity index (χ1) is 10.4. The average Bonchev–Trinajstić information content (AvgIpc) is 2.43. The maximum Gasteiger partial charge on any atom is 0.0387 e. The van der Waals surface area contributed by atoms with Gasteiger partial charge in [0, 0.05) is 16.9 Å². The van der Waals surface area contributed by atoms with Crippen LogP contribution in [0.5, 0.6) is 0 Å². The molecule has 2 aromatic rings. The molecule has 1 nitrogen and oxygen atoms in total. The minimum absolute atomic E-state index is 0.885. The number of benzene rings is 2. The van der Waals surface area contributed by atoms with Crippen molar-refractivity contribution in [3.05, 3.63) is 82.9 Å². The fourth-order valence-electron chi connectivity index (χ4n) is 2.68. The summed E-state index contributed by atoms with van der Waals surface area (Å²) in [5.74, 6) is 0. The van der Waals surface area contributed by atoms with Crippen molar-refractivity contribution in [3.63, 3.8) is 0 Å². The van der Waals surface area contributed by atoms with Gasteiger partial charge in [-0.2, -0.15) is 0 Å². The Kier molecular flexibility index (Phi) is 4.87. The van der Waals surface area contributed by atoms with Crippen molar-refractivity contribution in [2.45, 2.75) is 34.1 Å². The highest BCUT2D eigenvalue weighted by molar-refractivity contribution is 5.78. The van der Waals surface area contributed by atoms with E-state index in [1.54, 1.807) is 0 Å². The quantitative estimate of drug-likeness (QED) is 0.685. The normalized spacial score (nSPS) is 10.4. The maximum absolute atomic E-state index is 4.25. The first-order valence-electron chi connectivity index (χ1n) is 7.64. The molecule has 0 bridgehead atoms. The van der Waals surface area contributed by atoms with Crippen LogP contribution in [0.1, 0.15) is 34.7 Å². The third-order valence-electron chi connectivity index (χ3n) is 3.77. The van der Waals surface area contributed by atoms with E-state index in [9.17, 15) is 0 Å². The summed E-state index contributed by atoms with van der Waals surface area (Å²) in [5, 5.41) is 3.43. The highest BCUT2D eigenvalue weighted by Crippen LogP contribution is 2.26. The number of allylic oxidation sites excluding steroid dienone is 1. The molecule has 0 amide bonds. The molecule has 0 unspecified atom stereocenters. The van der Waals surface area contributed by atoms with Gasteiger partial charge in [0.15, 0.2) is 0 Å². The van der Waals surface area contributed by atoms with E-state index in [1.165, 1.54) is 27.8 Å². The van der Waals surface area contributed by atoms with Crippen LogP contribution in [0.15, 0.2) is 55.1 Å². The molecule has 0 aromatic heterocycles. The Bertz CT molecular complexity index is 705. The molecule has 0 atom stereocenters. The van der Waals surface area contributed by atoms with E-state index < -0.39 is 0 Å². The van der Waals surface area contributed by atoms with Crippen LogP contribution < -0.4 is 5.32 Å². The summed E-state index contributed by atoms with van der Waals surface area (Å²) in [7, 11) is 0. The van der Waals surface area contributed by atoms with E-state index in [4.69, 9.17) is 0 Å². The molecule has 2 aromatic carbocycles. The number of nitrogens with one attached hydrogen (secondary N) is 1. The molecule has 114 valence electrons. The van der Waals surface area contributed by atoms with Crippen LogP contribution in [0.2, 0.25) is 0 Å². The highest BCUT2D eigenvalue weighted by Gasteiger charge is 2.10. The zero-order valence-electron chi connectivity index (χ0n) is 14.1. The molecule has 22 heavy (non-hydrogen) atoms. The predicted octanol–water partition coefficient (Wildman–Crippen LogP) is 5.81. The summed E-state index contributed by atoms with van der Waals surface area (Å²) in [4.78, 5) is 0. The third-order valence-corrected chi connectivity index (χ3v) is 3.77. The Morgan fingerprint density at radius 1 is 0.955 bits per heavy atom. The highest BCUT2D eigenvalue weighted by atomic mass is 14.9. The minimum Gasteiger partial charge on any atom is -0.356 e. The topological polar surface area (TPSA) is 12.0 Å². The van der Waals surface area contributed by atoms with E-state index in [2.05, 4.69) is 82.6 Å². The molecule has 0 aliphatic carbocycles. The van der Waals surface area contributed by atoms with Crippen molar-refractivity contribution < 1.29 is 0 Å². The van der Waals surface area contributed by atoms with Gasteiger partial charge in [0.05, 0.1) is 0 Å². The lowest BCUT2D eigenvalue weighted by Gasteiger charge is -2.18. The second kappa shape index (κ2) is 6.65. The van der Waals surface area contributed by atoms with Crippen molar-refractivity contribution in [1.82, 2.24) is 0 Å². The third kappa shape index (κ3) is 3.88. The van der Waals surface area contributed by atoms with Crippen molar-refractivity contribution in [1.29, 1.82) is 0 Å². The second-order valence-electron chi connectivity index (χ2n) is 6.21. The smallest absolute Gasteiger partial charge is 0.0387 e. The summed E-state index contributed by atoms with van der Waals surface area (Å²) in [6, 6.07) is 12.8. The lowest BCUT2D eigenvalue weighted by Crippen LogP contribution is -2.04. The van der Waals surface area contributed by atoms with Crippen LogP contribution in [0.4, 0.5) is 5.69 Å². The zero-order valence-corrected chi connectivity index (χ0v) is 14.1. The van der Waals surface area contributed by atoms with Crippen molar-refractivity contribution >= 4 is 11.4 Å². The monoisotopic (exact) mass is 291 g/mol. The fourth-order valence-corrected chi connectivity index (χ4v) is 2.68. The van der Waals surface area contributed by atoms with Gasteiger partial charge in [0.1, 0.15) is 0 Å². The summed E-state index contributed by atoms with van der Waals surface area (Å²) in [5.41, 5.74) is 9.46. The van der Waals surface area contributed by atoms with Gasteiger partial charge in [-0.15, -0.1) is 0 Å². The van der Waals surface area contributed by atoms with Crippen LogP contribution in [0.25, 0.3) is 5.70 Å². The molecule has 0 saturated carbocycles. The first kappa shape index (κ1) is 16.1. The summed E-state index contributed by atoms with van der Waals surface area (Å²) < 4.78 is 0. The molecule has 0 aliphatic rings. The van der Waals surface area contributed by atoms with Crippen LogP contribution in [0.3, 0.4) is 0 Å². The molecule has 0 fully saturated rings. The molecule has 0 radical (unpaired) electrons. The first-order valence-corrected chi connectivity index (χ1v) is 7.64. The number of hydrogen-bond donors (Lipinski definition) is 1. The number of rotatable bonds is 5. The Balaban J connectivity index is 2.35. The maximum atomic E-state index is 4.25. The summed E-state index contributed by atoms with van der Waals surface area (Å²) in [6.07, 6.45) is 0.885. The van der Waals surface area contributed by atoms with Gasteiger partial charge in [0.2, 0.25) is 0 Å². The lowest BCUT2D eigenvalue weighted by molar-refractivity contribution is 1.11. The molecule has 0 saturated heterocycles. The van der Waals surface area contributed by atoms with Crippen molar-refractivity contribution in [2.24, 2.45) is 0 Å². The Hall–Kier alpha value is -2.28. The van der Waals surface area contributed by atoms with Gasteiger partial charge in [-0.25, -0.2) is 0 Å². The summed E-state index contributed by atoms with van der Waals surface area (Å²) >= 11 is 0. The van der Waals surface area contributed by atoms with Gasteiger partial charge in [-0.05, 0) is 63.4 Å². The molecule has 0 aliphatic heterocycles. The SMILES string of the molecule is C=C(C)Cc1c(C)cc(C)cc1C(=C)Nc1ccc(C)cc1. The molecular weight excluding hydrogens is 266 g/mol. The van der Waals surface area contributed by atoms with Crippen molar-refractivity contribution in [3.8, 4) is 0 Å². The Morgan fingerprint density at radius 2 is 1.59 bits per heavy atom. The van der Waals surface area contributed by atoms with E-state index in [1.807, 2.05) is 0 Å². The number of hydrogen-bond acceptors (Lipinski definition) is 1. The molecule has 0 heterocycles. The van der Waals surface area contributed by atoms with Gasteiger partial charge < -0.3 is 5.32 Å². The molecule has 2 rings (SSSR count). The zero-order chi connectivity index (χ0) is 16.3. The second-order valence-corrected chi connectivity index (χ2v) is 6.21. The van der Waals surface area contributed by atoms with Crippen molar-refractivity contribution in [2.75, 3.05) is 5.32 Å². The van der Waals surface area contributed by atoms with E-state index >= 15 is 0 Å². The fraction of sp³-hybridized carbons (Fsp3) is 0.238. The van der Waals surface area contributed by atoms with E-state index in [0.717, 1.165) is 23.4 Å². The van der Waals surface area contributed by atoms with Crippen LogP contribution >= 0.6 is 0 Å². The van der Waals surface area contributed by atoms with Gasteiger partial charge in [0.25, 0.3) is 0 Å². The predicted molar refractivity (Wildman–Crippen MR) is 98.3 cm³/mol. The largest absolute Gasteiger partial charge is 0.356 e. The molecule has 1 heteroatoms. The Labute approximate surface area is 134 Å². The van der Waals surface area contributed by atoms with Crippen LogP contribution in [-0.4, -0.2) is 0 Å². The average molecular weight is 291 g/mol. The number of aryl methyl sites for hydroxylation is 3. The minimum atomic E-state index is 0.885. The standard InChI is InChI=1S/C21H25N/c1-14(2)11-20-17(5)12-16(4)13-21(20)18(6)22-19-9-7-15(3)8-10-19/h7-10,12-13,22H,1,6,11H2,2-5H3.